The number of hydrogen-bond donors (Lipinski definition) is 10. The van der Waals surface area contributed by atoms with Gasteiger partial charge < -0.3 is 102 Å². The fraction of sp³-hybridized carbons (Fsp3) is 0.341. The number of amides is 4. The zero-order valence-corrected chi connectivity index (χ0v) is 67.3. The molecular weight excluding hydrogens is 1620 g/mol. The summed E-state index contributed by atoms with van der Waals surface area (Å²) in [5, 5.41) is 44.7. The van der Waals surface area contributed by atoms with Gasteiger partial charge in [-0.15, -0.1) is 0 Å². The summed E-state index contributed by atoms with van der Waals surface area (Å²) < 4.78 is 44.1. The molecule has 7 unspecified atom stereocenters. The standard InChI is InChI=1S/2C24H28N2O7.2C13H13NO5.C12H15NO4.CH3O.CH4/c2*25-19(11-13-21(27)32-15-17-7-3-1-4-8-17)23(29)26-20(24(30)31)12-14-22(28)33-16-18-9-5-2-6-10-18;2*15-11(18-8-9-4-2-1-3-5-9)7-6-10-12(16)19-13(17)14-10;13-10(12(15)16)6-7-11(14)17-8-9-4-2-1-3-5-9;1-2;/h2*1-10,19-20H,11-16,25H2,(H,26,29)(H,30,31);2*1-5,10H,6-8H2,(H,14,17);1-5,10H,6-8,13H2,(H,15,16);1H3;1H4/q;;;;;-1;. The van der Waals surface area contributed by atoms with Crippen molar-refractivity contribution < 1.29 is 140 Å². The van der Waals surface area contributed by atoms with Crippen LogP contribution in [0.1, 0.15) is 136 Å². The molecule has 4 amide bonds. The van der Waals surface area contributed by atoms with Crippen LogP contribution in [0.4, 0.5) is 9.59 Å². The summed E-state index contributed by atoms with van der Waals surface area (Å²) in [6.45, 7) is 0.972. The SMILES string of the molecule is C.C[O-].NC(CCC(=O)OCc1ccccc1)C(=O)NC(CCC(=O)OCc1ccccc1)C(=O)O.NC(CCC(=O)OCc1ccccc1)C(=O)NC(CCC(=O)OCc1ccccc1)C(=O)O.NC(CCC(=O)OCc1ccccc1)C(=O)O.O=C(CCC1NC(=O)OC1=O)OCc1ccccc1.O=C(CCC1NC(=O)OC1=O)OCc1ccccc1. The zero-order valence-electron chi connectivity index (χ0n) is 67.3. The smallest absolute Gasteiger partial charge is 0.415 e. The highest BCUT2D eigenvalue weighted by atomic mass is 16.6. The Morgan fingerprint density at radius 1 is 0.323 bits per heavy atom. The van der Waals surface area contributed by atoms with Gasteiger partial charge in [-0.05, 0) is 83.9 Å². The van der Waals surface area contributed by atoms with E-state index in [2.05, 4.69) is 30.7 Å². The molecule has 2 aliphatic rings. The Kier molecular flexibility index (Phi) is 50.7. The second-order valence-corrected chi connectivity index (χ2v) is 26.6. The van der Waals surface area contributed by atoms with Crippen molar-refractivity contribution >= 4 is 95.6 Å². The highest BCUT2D eigenvalue weighted by molar-refractivity contribution is 5.96. The summed E-state index contributed by atoms with van der Waals surface area (Å²) >= 11 is 0. The van der Waals surface area contributed by atoms with Gasteiger partial charge in [0.2, 0.25) is 11.8 Å². The van der Waals surface area contributed by atoms with Crippen molar-refractivity contribution in [3.63, 3.8) is 0 Å². The van der Waals surface area contributed by atoms with Gasteiger partial charge in [0.15, 0.2) is 0 Å². The third-order valence-corrected chi connectivity index (χ3v) is 17.0. The number of nitrogens with one attached hydrogen (secondary N) is 4. The number of rotatable bonds is 42. The molecule has 0 saturated carbocycles. The monoisotopic (exact) mass is 1720 g/mol. The first-order valence-corrected chi connectivity index (χ1v) is 38.5. The van der Waals surface area contributed by atoms with E-state index >= 15 is 0 Å². The number of carboxylic acids is 3. The minimum Gasteiger partial charge on any atom is -0.857 e. The average molecular weight is 1720 g/mol. The lowest BCUT2D eigenvalue weighted by Gasteiger charge is -2.17. The molecule has 0 bridgehead atoms. The fourth-order valence-electron chi connectivity index (χ4n) is 10.2. The van der Waals surface area contributed by atoms with Crippen LogP contribution in [0.15, 0.2) is 212 Å². The van der Waals surface area contributed by atoms with E-state index < -0.39 is 138 Å². The van der Waals surface area contributed by atoms with Crippen molar-refractivity contribution in [1.82, 2.24) is 21.3 Å². The predicted molar refractivity (Wildman–Crippen MR) is 438 cm³/mol. The zero-order chi connectivity index (χ0) is 90.1. The molecule has 13 N–H and O–H groups in total. The number of benzene rings is 7. The molecule has 9 rings (SSSR count). The highest BCUT2D eigenvalue weighted by Gasteiger charge is 2.34. The van der Waals surface area contributed by atoms with Crippen molar-refractivity contribution in [3.05, 3.63) is 251 Å². The first kappa shape index (κ1) is 104. The molecule has 666 valence electrons. The molecule has 2 saturated heterocycles. The van der Waals surface area contributed by atoms with Crippen LogP contribution in [0.3, 0.4) is 0 Å². The van der Waals surface area contributed by atoms with Gasteiger partial charge >= 0.3 is 83.8 Å². The van der Waals surface area contributed by atoms with Gasteiger partial charge in [-0.25, -0.2) is 28.8 Å². The number of cyclic esters (lactones) is 4. The topological polar surface area (TPSA) is 566 Å². The number of esters is 9. The van der Waals surface area contributed by atoms with Crippen molar-refractivity contribution in [2.24, 2.45) is 17.2 Å². The van der Waals surface area contributed by atoms with E-state index in [0.29, 0.717) is 0 Å². The summed E-state index contributed by atoms with van der Waals surface area (Å²) in [5.41, 5.74) is 22.8. The van der Waals surface area contributed by atoms with E-state index in [0.717, 1.165) is 46.1 Å². The van der Waals surface area contributed by atoms with Crippen molar-refractivity contribution in [1.29, 1.82) is 0 Å². The summed E-state index contributed by atoms with van der Waals surface area (Å²) in [5.74, 6) is -9.93. The number of carbonyl (C=O) groups excluding carboxylic acids is 13. The van der Waals surface area contributed by atoms with Gasteiger partial charge in [0.05, 0.1) is 12.1 Å². The Labute approximate surface area is 715 Å². The van der Waals surface area contributed by atoms with E-state index in [-0.39, 0.29) is 144 Å². The molecule has 36 nitrogen and oxygen atoms in total. The third-order valence-electron chi connectivity index (χ3n) is 17.0. The molecule has 0 aliphatic carbocycles. The minimum atomic E-state index is -1.31. The van der Waals surface area contributed by atoms with Crippen LogP contribution in [0.2, 0.25) is 0 Å². The molecule has 7 aromatic rings. The number of aliphatic carboxylic acids is 3. The second-order valence-electron chi connectivity index (χ2n) is 26.6. The fourth-order valence-corrected chi connectivity index (χ4v) is 10.2. The van der Waals surface area contributed by atoms with Gasteiger partial charge in [0, 0.05) is 44.9 Å². The molecule has 36 heteroatoms. The number of hydrogen-bond acceptors (Lipinski definition) is 29. The first-order valence-electron chi connectivity index (χ1n) is 38.5. The lowest BCUT2D eigenvalue weighted by atomic mass is 10.1. The van der Waals surface area contributed by atoms with Crippen molar-refractivity contribution in [2.45, 2.75) is 186 Å². The molecule has 7 atom stereocenters. The molecule has 2 fully saturated rings. The van der Waals surface area contributed by atoms with Crippen LogP contribution >= 0.6 is 0 Å². The maximum Gasteiger partial charge on any atom is 0.415 e. The maximum atomic E-state index is 12.2. The third kappa shape index (κ3) is 45.9. The molecule has 2 heterocycles. The maximum absolute atomic E-state index is 12.2. The van der Waals surface area contributed by atoms with Gasteiger partial charge in [0.25, 0.3) is 0 Å². The van der Waals surface area contributed by atoms with E-state index in [9.17, 15) is 86.9 Å². The molecule has 2 aliphatic heterocycles. The summed E-state index contributed by atoms with van der Waals surface area (Å²) in [6.07, 6.45) is -1.87. The Balaban J connectivity index is 0.000000408. The number of carbonyl (C=O) groups is 16. The van der Waals surface area contributed by atoms with Gasteiger partial charge in [0.1, 0.15) is 76.5 Å². The van der Waals surface area contributed by atoms with E-state index in [1.807, 2.05) is 188 Å². The molecule has 7 aromatic carbocycles. The second kappa shape index (κ2) is 60.4. The predicted octanol–water partition coefficient (Wildman–Crippen LogP) is 6.69. The van der Waals surface area contributed by atoms with Crippen LogP contribution in [0.5, 0.6) is 0 Å². The Bertz CT molecular complexity index is 4220. The average Bonchev–Trinajstić information content (AvgIpc) is 1.75. The lowest BCUT2D eigenvalue weighted by molar-refractivity contribution is -0.325. The van der Waals surface area contributed by atoms with Gasteiger partial charge in [-0.1, -0.05) is 220 Å². The highest BCUT2D eigenvalue weighted by Crippen LogP contribution is 2.15. The lowest BCUT2D eigenvalue weighted by Crippen LogP contribution is -2.48. The Hall–Kier alpha value is -14.1. The minimum absolute atomic E-state index is 0. The van der Waals surface area contributed by atoms with Crippen LogP contribution < -0.4 is 43.6 Å². The number of alkyl carbamates (subject to hydrolysis) is 2. The molecule has 124 heavy (non-hydrogen) atoms. The number of nitrogens with two attached hydrogens (primary N) is 3. The van der Waals surface area contributed by atoms with E-state index in [4.69, 9.17) is 60.6 Å². The number of ether oxygens (including phenoxy) is 9. The van der Waals surface area contributed by atoms with Crippen LogP contribution in [0.25, 0.3) is 0 Å². The summed E-state index contributed by atoms with van der Waals surface area (Å²) in [7, 11) is 0.750. The Morgan fingerprint density at radius 3 is 0.702 bits per heavy atom. The van der Waals surface area contributed by atoms with Crippen LogP contribution in [-0.2, 0) is 156 Å². The first-order chi connectivity index (χ1) is 59.1. The van der Waals surface area contributed by atoms with Crippen LogP contribution in [0, 0.1) is 0 Å². The van der Waals surface area contributed by atoms with E-state index in [1.54, 1.807) is 24.3 Å². The van der Waals surface area contributed by atoms with Gasteiger partial charge in [-0.3, -0.25) is 47.9 Å². The van der Waals surface area contributed by atoms with Crippen LogP contribution in [-0.4, -0.2) is 160 Å². The molecule has 0 aromatic heterocycles. The van der Waals surface area contributed by atoms with E-state index in [1.165, 1.54) is 0 Å². The quantitative estimate of drug-likeness (QED) is 0.0108. The summed E-state index contributed by atoms with van der Waals surface area (Å²) in [4.78, 5) is 183. The number of carboxylic acid groups (broad SMARTS) is 3. The molecular formula is C88H104N7O29-. The molecule has 0 radical (unpaired) electrons. The normalized spacial score (nSPS) is 13.7. The summed E-state index contributed by atoms with van der Waals surface area (Å²) in [6, 6.07) is 56.9. The van der Waals surface area contributed by atoms with Crippen molar-refractivity contribution in [2.75, 3.05) is 7.11 Å². The largest absolute Gasteiger partial charge is 0.857 e. The Morgan fingerprint density at radius 2 is 0.516 bits per heavy atom. The van der Waals surface area contributed by atoms with Gasteiger partial charge in [-0.2, -0.15) is 7.11 Å². The van der Waals surface area contributed by atoms with Crippen molar-refractivity contribution in [3.8, 4) is 0 Å². The molecule has 0 spiro atoms.